The Bertz CT molecular complexity index is 265. The number of nitrogens with one attached hydrogen (secondary N) is 2. The van der Waals surface area contributed by atoms with Crippen LogP contribution < -0.4 is 5.32 Å². The predicted molar refractivity (Wildman–Crippen MR) is 57.9 cm³/mol. The molecule has 0 aromatic heterocycles. The van der Waals surface area contributed by atoms with E-state index in [0.717, 1.165) is 25.3 Å². The van der Waals surface area contributed by atoms with Crippen LogP contribution >= 0.6 is 0 Å². The largest absolute Gasteiger partial charge is 0.386 e. The van der Waals surface area contributed by atoms with Gasteiger partial charge in [-0.2, -0.15) is 0 Å². The molecule has 0 aromatic carbocycles. The third-order valence-electron chi connectivity index (χ3n) is 2.19. The Morgan fingerprint density at radius 3 is 3.27 bits per heavy atom. The molecular formula is C9H16N4O2. The zero-order valence-corrected chi connectivity index (χ0v) is 8.82. The Hall–Kier alpha value is -1.27. The Morgan fingerprint density at radius 1 is 1.80 bits per heavy atom. The average Bonchev–Trinajstić information content (AvgIpc) is 2.26. The molecule has 84 valence electrons. The molecule has 15 heavy (non-hydrogen) atoms. The summed E-state index contributed by atoms with van der Waals surface area (Å²) in [7, 11) is 1.67. The first kappa shape index (κ1) is 11.8. The molecule has 2 N–H and O–H groups in total. The van der Waals surface area contributed by atoms with Crippen molar-refractivity contribution >= 4 is 5.84 Å². The first-order valence-electron chi connectivity index (χ1n) is 4.84. The summed E-state index contributed by atoms with van der Waals surface area (Å²) in [5.74, 6) is -0.244. The number of hydrogen-bond donors (Lipinski definition) is 2. The fourth-order valence-corrected chi connectivity index (χ4v) is 1.45. The molecule has 1 saturated heterocycles. The lowest BCUT2D eigenvalue weighted by Gasteiger charge is -2.29. The van der Waals surface area contributed by atoms with Gasteiger partial charge in [0.1, 0.15) is 0 Å². The van der Waals surface area contributed by atoms with Crippen LogP contribution in [0.2, 0.25) is 0 Å². The summed E-state index contributed by atoms with van der Waals surface area (Å²) in [6, 6.07) is 0. The first-order chi connectivity index (χ1) is 7.26. The minimum absolute atomic E-state index is 0.244. The highest BCUT2D eigenvalue weighted by molar-refractivity contribution is 5.91. The summed E-state index contributed by atoms with van der Waals surface area (Å²) in [4.78, 5) is 12.2. The smallest absolute Gasteiger partial charge is 0.190 e. The van der Waals surface area contributed by atoms with Gasteiger partial charge in [0.2, 0.25) is 0 Å². The number of hydrogen-bond acceptors (Lipinski definition) is 5. The van der Waals surface area contributed by atoms with Crippen LogP contribution in [-0.4, -0.2) is 50.6 Å². The van der Waals surface area contributed by atoms with Gasteiger partial charge in [0.15, 0.2) is 5.84 Å². The molecule has 1 rings (SSSR count). The minimum atomic E-state index is -0.244. The normalized spacial score (nSPS) is 19.9. The van der Waals surface area contributed by atoms with Crippen molar-refractivity contribution in [3.63, 3.8) is 0 Å². The maximum Gasteiger partial charge on any atom is 0.190 e. The van der Waals surface area contributed by atoms with Gasteiger partial charge in [0.25, 0.3) is 0 Å². The molecule has 0 amide bonds. The molecule has 1 aliphatic heterocycles. The molecule has 0 saturated carbocycles. The second-order valence-electron chi connectivity index (χ2n) is 3.34. The van der Waals surface area contributed by atoms with E-state index < -0.39 is 0 Å². The quantitative estimate of drug-likeness (QED) is 0.395. The van der Waals surface area contributed by atoms with E-state index in [4.69, 9.17) is 10.1 Å². The second kappa shape index (κ2) is 6.26. The van der Waals surface area contributed by atoms with Gasteiger partial charge in [-0.1, -0.05) is 0 Å². The molecule has 6 heteroatoms. The lowest BCUT2D eigenvalue weighted by atomic mass is 10.2. The number of amidine groups is 1. The van der Waals surface area contributed by atoms with Crippen LogP contribution in [0.5, 0.6) is 0 Å². The van der Waals surface area contributed by atoms with Gasteiger partial charge >= 0.3 is 0 Å². The maximum atomic E-state index is 10.1. The molecule has 0 aromatic rings. The van der Waals surface area contributed by atoms with Gasteiger partial charge in [-0.25, -0.2) is 0 Å². The summed E-state index contributed by atoms with van der Waals surface area (Å²) < 4.78 is 4.99. The molecule has 1 aliphatic rings. The molecule has 0 bridgehead atoms. The summed E-state index contributed by atoms with van der Waals surface area (Å²) >= 11 is 0. The Kier molecular flexibility index (Phi) is 4.92. The molecule has 0 aliphatic carbocycles. The standard InChI is InChI=1S/C9H16N4O2/c1-15-5-4-13-3-2-11-8(7-13)6-9(10)12-14/h6,10-11H,2-5,7H2,1H3/b8-6-,10-9?. The zero-order valence-electron chi connectivity index (χ0n) is 8.82. The van der Waals surface area contributed by atoms with Gasteiger partial charge in [-0.15, -0.1) is 4.91 Å². The highest BCUT2D eigenvalue weighted by Crippen LogP contribution is 2.02. The molecule has 1 fully saturated rings. The third kappa shape index (κ3) is 4.18. The van der Waals surface area contributed by atoms with Crippen molar-refractivity contribution in [3.05, 3.63) is 16.7 Å². The second-order valence-corrected chi connectivity index (χ2v) is 3.34. The molecule has 0 spiro atoms. The monoisotopic (exact) mass is 212 g/mol. The lowest BCUT2D eigenvalue weighted by Crippen LogP contribution is -2.43. The van der Waals surface area contributed by atoms with Crippen molar-refractivity contribution < 1.29 is 4.74 Å². The van der Waals surface area contributed by atoms with Gasteiger partial charge in [-0.05, 0) is 5.18 Å². The number of nitrogens with zero attached hydrogens (tertiary/aromatic N) is 2. The van der Waals surface area contributed by atoms with Crippen molar-refractivity contribution in [1.29, 1.82) is 5.41 Å². The summed E-state index contributed by atoms with van der Waals surface area (Å²) in [5, 5.41) is 12.8. The fourth-order valence-electron chi connectivity index (χ4n) is 1.45. The number of ether oxygens (including phenoxy) is 1. The van der Waals surface area contributed by atoms with Gasteiger partial charge in [-0.3, -0.25) is 10.3 Å². The van der Waals surface area contributed by atoms with E-state index in [2.05, 4.69) is 15.4 Å². The Labute approximate surface area is 88.8 Å². The minimum Gasteiger partial charge on any atom is -0.386 e. The lowest BCUT2D eigenvalue weighted by molar-refractivity contribution is 0.147. The number of piperazine rings is 1. The van der Waals surface area contributed by atoms with E-state index in [1.807, 2.05) is 0 Å². The van der Waals surface area contributed by atoms with Crippen molar-refractivity contribution in [2.24, 2.45) is 5.18 Å². The molecular weight excluding hydrogens is 196 g/mol. The third-order valence-corrected chi connectivity index (χ3v) is 2.19. The highest BCUT2D eigenvalue weighted by atomic mass is 16.5. The van der Waals surface area contributed by atoms with E-state index in [0.29, 0.717) is 13.2 Å². The van der Waals surface area contributed by atoms with Crippen LogP contribution in [0.1, 0.15) is 0 Å². The maximum absolute atomic E-state index is 10.1. The highest BCUT2D eigenvalue weighted by Gasteiger charge is 2.13. The van der Waals surface area contributed by atoms with E-state index in [1.165, 1.54) is 6.08 Å². The molecule has 1 heterocycles. The van der Waals surface area contributed by atoms with Crippen molar-refractivity contribution in [2.45, 2.75) is 0 Å². The Morgan fingerprint density at radius 2 is 2.60 bits per heavy atom. The predicted octanol–water partition coefficient (Wildman–Crippen LogP) is 0.166. The first-order valence-corrected chi connectivity index (χ1v) is 4.84. The summed E-state index contributed by atoms with van der Waals surface area (Å²) in [5.41, 5.74) is 0.863. The molecule has 0 unspecified atom stereocenters. The van der Waals surface area contributed by atoms with Gasteiger partial charge < -0.3 is 10.1 Å². The Balaban J connectivity index is 2.44. The van der Waals surface area contributed by atoms with Gasteiger partial charge in [0, 0.05) is 45.1 Å². The van der Waals surface area contributed by atoms with Crippen LogP contribution in [0, 0.1) is 10.3 Å². The molecule has 6 nitrogen and oxygen atoms in total. The van der Waals surface area contributed by atoms with E-state index in [9.17, 15) is 4.91 Å². The van der Waals surface area contributed by atoms with Crippen LogP contribution in [0.3, 0.4) is 0 Å². The number of nitroso groups, excluding NO2 is 1. The van der Waals surface area contributed by atoms with Gasteiger partial charge in [0.05, 0.1) is 6.61 Å². The average molecular weight is 212 g/mol. The number of methoxy groups -OCH3 is 1. The molecule has 0 atom stereocenters. The number of rotatable bonds is 4. The topological polar surface area (TPSA) is 77.8 Å². The van der Waals surface area contributed by atoms with E-state index >= 15 is 0 Å². The van der Waals surface area contributed by atoms with Crippen molar-refractivity contribution in [2.75, 3.05) is 39.9 Å². The molecule has 0 radical (unpaired) electrons. The van der Waals surface area contributed by atoms with Crippen LogP contribution in [0.4, 0.5) is 0 Å². The van der Waals surface area contributed by atoms with Crippen molar-refractivity contribution in [3.8, 4) is 0 Å². The van der Waals surface area contributed by atoms with Crippen LogP contribution in [0.25, 0.3) is 0 Å². The summed E-state index contributed by atoms with van der Waals surface area (Å²) in [6.07, 6.45) is 1.46. The SMILES string of the molecule is COCCN1CCN/C(=C\C(=N)N=O)C1. The summed E-state index contributed by atoms with van der Waals surface area (Å²) in [6.45, 7) is 4.03. The zero-order chi connectivity index (χ0) is 11.1. The van der Waals surface area contributed by atoms with E-state index in [1.54, 1.807) is 7.11 Å². The van der Waals surface area contributed by atoms with E-state index in [-0.39, 0.29) is 5.84 Å². The van der Waals surface area contributed by atoms with Crippen LogP contribution in [0.15, 0.2) is 16.9 Å². The van der Waals surface area contributed by atoms with Crippen LogP contribution in [-0.2, 0) is 4.74 Å². The fraction of sp³-hybridized carbons (Fsp3) is 0.667. The van der Waals surface area contributed by atoms with Crippen molar-refractivity contribution in [1.82, 2.24) is 10.2 Å².